The fourth-order valence-corrected chi connectivity index (χ4v) is 4.77. The molecule has 0 amide bonds. The molecule has 2 rings (SSSR count). The Labute approximate surface area is 179 Å². The molecule has 1 atom stereocenters. The van der Waals surface area contributed by atoms with Crippen molar-refractivity contribution in [2.45, 2.75) is 90.0 Å². The van der Waals surface area contributed by atoms with E-state index in [0.29, 0.717) is 12.4 Å². The third-order valence-electron chi connectivity index (χ3n) is 6.20. The molecule has 0 N–H and O–H groups in total. The first-order chi connectivity index (χ1) is 13.7. The number of carbonyl (C=O) groups excluding carboxylic acids is 1. The zero-order valence-corrected chi connectivity index (χ0v) is 20.1. The second-order valence-electron chi connectivity index (χ2n) is 9.84. The zero-order valence-electron chi connectivity index (χ0n) is 19.1. The van der Waals surface area contributed by atoms with Gasteiger partial charge in [0.25, 0.3) is 0 Å². The SMILES string of the molecule is CC(C)(C)[Si](C)(C)OC(COCCCCC1=CC(=O)CCC1)Cc1ccccc1. The van der Waals surface area contributed by atoms with Gasteiger partial charge in [0.15, 0.2) is 14.1 Å². The monoisotopic (exact) mass is 416 g/mol. The summed E-state index contributed by atoms with van der Waals surface area (Å²) in [5.74, 6) is 0.300. The van der Waals surface area contributed by atoms with Gasteiger partial charge in [0, 0.05) is 13.0 Å². The molecule has 29 heavy (non-hydrogen) atoms. The zero-order chi connectivity index (χ0) is 21.3. The largest absolute Gasteiger partial charge is 0.411 e. The van der Waals surface area contributed by atoms with Crippen LogP contribution in [0, 0.1) is 0 Å². The molecular weight excluding hydrogens is 376 g/mol. The summed E-state index contributed by atoms with van der Waals surface area (Å²) in [7, 11) is -1.85. The molecule has 1 unspecified atom stereocenters. The standard InChI is InChI=1S/C25H40O3Si/c1-25(2,3)29(4,5)28-24(19-22-12-7-6-8-13-22)20-27-17-10-9-14-21-15-11-16-23(26)18-21/h6-8,12-13,18,24H,9-11,14-17,19-20H2,1-5H3. The van der Waals surface area contributed by atoms with Crippen molar-refractivity contribution in [3.63, 3.8) is 0 Å². The van der Waals surface area contributed by atoms with E-state index < -0.39 is 8.32 Å². The molecule has 0 bridgehead atoms. The van der Waals surface area contributed by atoms with E-state index in [4.69, 9.17) is 9.16 Å². The maximum absolute atomic E-state index is 11.5. The average molecular weight is 417 g/mol. The minimum atomic E-state index is -1.85. The second kappa shape index (κ2) is 11.2. The number of rotatable bonds is 11. The molecule has 0 saturated carbocycles. The number of allylic oxidation sites excluding steroid dienone is 2. The van der Waals surface area contributed by atoms with Gasteiger partial charge in [-0.05, 0) is 68.3 Å². The summed E-state index contributed by atoms with van der Waals surface area (Å²) in [4.78, 5) is 11.5. The molecule has 0 radical (unpaired) electrons. The highest BCUT2D eigenvalue weighted by Gasteiger charge is 2.39. The van der Waals surface area contributed by atoms with E-state index in [1.54, 1.807) is 0 Å². The Balaban J connectivity index is 1.80. The topological polar surface area (TPSA) is 35.5 Å². The molecule has 0 aliphatic heterocycles. The summed E-state index contributed by atoms with van der Waals surface area (Å²) >= 11 is 0. The summed E-state index contributed by atoms with van der Waals surface area (Å²) in [5, 5.41) is 0.188. The number of unbranched alkanes of at least 4 members (excludes halogenated alkanes) is 1. The van der Waals surface area contributed by atoms with Crippen molar-refractivity contribution >= 4 is 14.1 Å². The van der Waals surface area contributed by atoms with Crippen molar-refractivity contribution in [3.8, 4) is 0 Å². The van der Waals surface area contributed by atoms with Crippen molar-refractivity contribution < 1.29 is 14.0 Å². The van der Waals surface area contributed by atoms with Crippen LogP contribution < -0.4 is 0 Å². The second-order valence-corrected chi connectivity index (χ2v) is 14.6. The molecule has 0 aromatic heterocycles. The van der Waals surface area contributed by atoms with Crippen molar-refractivity contribution in [1.82, 2.24) is 0 Å². The first kappa shape index (κ1) is 24.0. The lowest BCUT2D eigenvalue weighted by Gasteiger charge is -2.39. The predicted molar refractivity (Wildman–Crippen MR) is 124 cm³/mol. The molecule has 0 saturated heterocycles. The van der Waals surface area contributed by atoms with Gasteiger partial charge in [0.2, 0.25) is 0 Å². The Kier molecular flexibility index (Phi) is 9.32. The van der Waals surface area contributed by atoms with Gasteiger partial charge < -0.3 is 9.16 Å². The lowest BCUT2D eigenvalue weighted by molar-refractivity contribution is -0.115. The molecule has 1 aliphatic carbocycles. The lowest BCUT2D eigenvalue weighted by Crippen LogP contribution is -2.45. The first-order valence-corrected chi connectivity index (χ1v) is 14.1. The molecular formula is C25H40O3Si. The fraction of sp³-hybridized carbons (Fsp3) is 0.640. The van der Waals surface area contributed by atoms with Gasteiger partial charge in [-0.25, -0.2) is 0 Å². The molecule has 0 spiro atoms. The number of ketones is 1. The summed E-state index contributed by atoms with van der Waals surface area (Å²) < 4.78 is 12.7. The van der Waals surface area contributed by atoms with Gasteiger partial charge in [0.05, 0.1) is 12.7 Å². The van der Waals surface area contributed by atoms with Gasteiger partial charge in [-0.1, -0.05) is 56.7 Å². The fourth-order valence-electron chi connectivity index (χ4n) is 3.43. The van der Waals surface area contributed by atoms with Gasteiger partial charge >= 0.3 is 0 Å². The van der Waals surface area contributed by atoms with E-state index in [-0.39, 0.29) is 11.1 Å². The molecule has 162 valence electrons. The van der Waals surface area contributed by atoms with Crippen LogP contribution in [0.4, 0.5) is 0 Å². The maximum atomic E-state index is 11.5. The van der Waals surface area contributed by atoms with E-state index in [9.17, 15) is 4.79 Å². The van der Waals surface area contributed by atoms with Gasteiger partial charge in [-0.15, -0.1) is 0 Å². The van der Waals surface area contributed by atoms with Gasteiger partial charge in [-0.2, -0.15) is 0 Å². The van der Waals surface area contributed by atoms with Crippen LogP contribution in [0.2, 0.25) is 18.1 Å². The summed E-state index contributed by atoms with van der Waals surface area (Å²) in [6.07, 6.45) is 8.84. The molecule has 0 fully saturated rings. The summed E-state index contributed by atoms with van der Waals surface area (Å²) in [6, 6.07) is 10.6. The maximum Gasteiger partial charge on any atom is 0.192 e. The third kappa shape index (κ3) is 8.57. The van der Waals surface area contributed by atoms with Gasteiger partial charge in [-0.3, -0.25) is 4.79 Å². The van der Waals surface area contributed by atoms with Crippen LogP contribution in [-0.2, 0) is 20.4 Å². The van der Waals surface area contributed by atoms with Crippen molar-refractivity contribution in [1.29, 1.82) is 0 Å². The minimum Gasteiger partial charge on any atom is -0.411 e. The Hall–Kier alpha value is -1.23. The molecule has 4 heteroatoms. The Morgan fingerprint density at radius 1 is 1.07 bits per heavy atom. The highest BCUT2D eigenvalue weighted by atomic mass is 28.4. The predicted octanol–water partition coefficient (Wildman–Crippen LogP) is 6.49. The van der Waals surface area contributed by atoms with Crippen molar-refractivity contribution in [2.75, 3.05) is 13.2 Å². The van der Waals surface area contributed by atoms with E-state index in [0.717, 1.165) is 51.6 Å². The number of benzene rings is 1. The van der Waals surface area contributed by atoms with Crippen LogP contribution in [0.5, 0.6) is 0 Å². The summed E-state index contributed by atoms with van der Waals surface area (Å²) in [6.45, 7) is 12.9. The van der Waals surface area contributed by atoms with E-state index >= 15 is 0 Å². The molecule has 3 nitrogen and oxygen atoms in total. The molecule has 1 aliphatic rings. The Bertz CT molecular complexity index is 658. The Morgan fingerprint density at radius 3 is 2.45 bits per heavy atom. The third-order valence-corrected chi connectivity index (χ3v) is 10.7. The number of carbonyl (C=O) groups is 1. The quantitative estimate of drug-likeness (QED) is 0.306. The Morgan fingerprint density at radius 2 is 1.79 bits per heavy atom. The molecule has 1 aromatic rings. The van der Waals surface area contributed by atoms with Crippen molar-refractivity contribution in [3.05, 3.63) is 47.5 Å². The molecule has 1 aromatic carbocycles. The van der Waals surface area contributed by atoms with Gasteiger partial charge in [0.1, 0.15) is 0 Å². The smallest absolute Gasteiger partial charge is 0.192 e. The van der Waals surface area contributed by atoms with E-state index in [1.807, 2.05) is 6.08 Å². The minimum absolute atomic E-state index is 0.0944. The highest BCUT2D eigenvalue weighted by molar-refractivity contribution is 6.74. The van der Waals surface area contributed by atoms with E-state index in [1.165, 1.54) is 11.1 Å². The number of hydrogen-bond donors (Lipinski definition) is 0. The first-order valence-electron chi connectivity index (χ1n) is 11.2. The van der Waals surface area contributed by atoms with Crippen LogP contribution >= 0.6 is 0 Å². The molecule has 0 heterocycles. The van der Waals surface area contributed by atoms with Crippen LogP contribution in [0.15, 0.2) is 42.0 Å². The van der Waals surface area contributed by atoms with Crippen LogP contribution in [0.3, 0.4) is 0 Å². The van der Waals surface area contributed by atoms with E-state index in [2.05, 4.69) is 64.2 Å². The number of hydrogen-bond acceptors (Lipinski definition) is 3. The number of ether oxygens (including phenoxy) is 1. The van der Waals surface area contributed by atoms with Crippen LogP contribution in [0.25, 0.3) is 0 Å². The average Bonchev–Trinajstić information content (AvgIpc) is 2.64. The van der Waals surface area contributed by atoms with Crippen molar-refractivity contribution in [2.24, 2.45) is 0 Å². The summed E-state index contributed by atoms with van der Waals surface area (Å²) in [5.41, 5.74) is 2.62. The normalized spacial score (nSPS) is 16.6. The van der Waals surface area contributed by atoms with Crippen LogP contribution in [-0.4, -0.2) is 33.4 Å². The highest BCUT2D eigenvalue weighted by Crippen LogP contribution is 2.37. The lowest BCUT2D eigenvalue weighted by atomic mass is 9.95. The van der Waals surface area contributed by atoms with Crippen LogP contribution in [0.1, 0.15) is 64.9 Å².